The summed E-state index contributed by atoms with van der Waals surface area (Å²) in [4.78, 5) is 24.2. The molecule has 0 bridgehead atoms. The molecule has 0 unspecified atom stereocenters. The van der Waals surface area contributed by atoms with Crippen LogP contribution >= 0.6 is 7.82 Å². The van der Waals surface area contributed by atoms with E-state index in [0.717, 1.165) is 29.8 Å². The fourth-order valence-corrected chi connectivity index (χ4v) is 2.43. The smallest absolute Gasteiger partial charge is 0.404 e. The zero-order chi connectivity index (χ0) is 14.0. The average molecular weight is 284 g/mol. The van der Waals surface area contributed by atoms with Crippen molar-refractivity contribution in [3.8, 4) is 0 Å². The molecular weight excluding hydrogens is 267 g/mol. The van der Waals surface area contributed by atoms with Crippen LogP contribution in [-0.4, -0.2) is 41.0 Å². The van der Waals surface area contributed by atoms with Gasteiger partial charge in [-0.3, -0.25) is 14.8 Å². The highest BCUT2D eigenvalue weighted by Crippen LogP contribution is 2.43. The van der Waals surface area contributed by atoms with Crippen molar-refractivity contribution < 1.29 is 18.9 Å². The molecule has 0 amide bonds. The van der Waals surface area contributed by atoms with Crippen LogP contribution in [0.4, 0.5) is 0 Å². The molecule has 6 nitrogen and oxygen atoms in total. The lowest BCUT2D eigenvalue weighted by atomic mass is 9.94. The zero-order valence-corrected chi connectivity index (χ0v) is 11.8. The van der Waals surface area contributed by atoms with Gasteiger partial charge in [-0.2, -0.15) is 0 Å². The van der Waals surface area contributed by atoms with E-state index in [2.05, 4.69) is 4.99 Å². The van der Waals surface area contributed by atoms with E-state index in [1.54, 1.807) is 18.4 Å². The maximum Gasteiger partial charge on any atom is 0.524 e. The number of hydrogen-bond donors (Lipinski definition) is 2. The number of phosphoric ester groups is 1. The van der Waals surface area contributed by atoms with Gasteiger partial charge in [0, 0.05) is 24.7 Å². The predicted octanol–water partition coefficient (Wildman–Crippen LogP) is 1.60. The summed E-state index contributed by atoms with van der Waals surface area (Å²) in [6.07, 6.45) is 6.56. The minimum absolute atomic E-state index is 0.209. The second-order valence-corrected chi connectivity index (χ2v) is 5.87. The minimum atomic E-state index is -4.55. The first kappa shape index (κ1) is 14.2. The van der Waals surface area contributed by atoms with Crippen LogP contribution in [0.25, 0.3) is 0 Å². The van der Waals surface area contributed by atoms with E-state index in [1.807, 2.05) is 19.0 Å². The zero-order valence-electron chi connectivity index (χ0n) is 10.9. The fourth-order valence-electron chi connectivity index (χ4n) is 2.02. The molecule has 2 aliphatic rings. The molecule has 1 heterocycles. The number of nitrogens with zero attached hydrogens (tertiary/aromatic N) is 2. The Labute approximate surface area is 112 Å². The molecule has 0 fully saturated rings. The van der Waals surface area contributed by atoms with Crippen molar-refractivity contribution >= 4 is 13.5 Å². The third-order valence-electron chi connectivity index (χ3n) is 2.86. The molecule has 0 aromatic rings. The van der Waals surface area contributed by atoms with Crippen molar-refractivity contribution in [2.24, 2.45) is 4.99 Å². The predicted molar refractivity (Wildman–Crippen MR) is 72.6 cm³/mol. The maximum atomic E-state index is 11.0. The highest BCUT2D eigenvalue weighted by molar-refractivity contribution is 7.46. The average Bonchev–Trinajstić information content (AvgIpc) is 2.68. The first-order valence-corrected chi connectivity index (χ1v) is 7.47. The van der Waals surface area contributed by atoms with Gasteiger partial charge in [-0.1, -0.05) is 6.08 Å². The molecule has 0 radical (unpaired) electrons. The summed E-state index contributed by atoms with van der Waals surface area (Å²) in [5.74, 6) is 0.209. The number of rotatable bonds is 5. The Kier molecular flexibility index (Phi) is 4.06. The fraction of sp³-hybridized carbons (Fsp3) is 0.417. The summed E-state index contributed by atoms with van der Waals surface area (Å²) >= 11 is 0. The van der Waals surface area contributed by atoms with Crippen LogP contribution in [0.5, 0.6) is 0 Å². The first-order chi connectivity index (χ1) is 8.87. The molecule has 0 aromatic heterocycles. The van der Waals surface area contributed by atoms with E-state index < -0.39 is 7.82 Å². The van der Waals surface area contributed by atoms with Crippen LogP contribution in [0.3, 0.4) is 0 Å². The molecule has 0 spiro atoms. The molecule has 0 saturated heterocycles. The number of allylic oxidation sites excluding steroid dienone is 3. The standard InChI is InChI=1S/C12H17N2O4P/c1-14(2)7-6-9-8-13-10-4-3-5-11(12(9)10)18-19(15,16)17/h3,5,8H,4,6-7H2,1-2H3,(H2,15,16,17). The Hall–Kier alpha value is -1.20. The summed E-state index contributed by atoms with van der Waals surface area (Å²) < 4.78 is 15.8. The molecule has 0 aromatic carbocycles. The maximum absolute atomic E-state index is 11.0. The second-order valence-electron chi connectivity index (χ2n) is 4.71. The van der Waals surface area contributed by atoms with Crippen LogP contribution in [0, 0.1) is 0 Å². The van der Waals surface area contributed by atoms with Crippen molar-refractivity contribution in [1.82, 2.24) is 4.90 Å². The molecular formula is C12H17N2O4P. The highest BCUT2D eigenvalue weighted by atomic mass is 31.2. The number of fused-ring (bicyclic) bond motifs is 1. The monoisotopic (exact) mass is 284 g/mol. The van der Waals surface area contributed by atoms with E-state index in [4.69, 9.17) is 14.3 Å². The van der Waals surface area contributed by atoms with Crippen molar-refractivity contribution in [3.05, 3.63) is 35.3 Å². The summed E-state index contributed by atoms with van der Waals surface area (Å²) in [5.41, 5.74) is 2.49. The quantitative estimate of drug-likeness (QED) is 0.749. The Morgan fingerprint density at radius 3 is 2.84 bits per heavy atom. The Morgan fingerprint density at radius 1 is 1.47 bits per heavy atom. The van der Waals surface area contributed by atoms with Gasteiger partial charge in [0.05, 0.1) is 5.71 Å². The summed E-state index contributed by atoms with van der Waals surface area (Å²) in [6, 6.07) is 0. The number of aliphatic imine (C=N–C) groups is 1. The van der Waals surface area contributed by atoms with E-state index in [-0.39, 0.29) is 5.76 Å². The highest BCUT2D eigenvalue weighted by Gasteiger charge is 2.27. The van der Waals surface area contributed by atoms with Crippen LogP contribution in [0.15, 0.2) is 40.2 Å². The van der Waals surface area contributed by atoms with Gasteiger partial charge in [0.2, 0.25) is 0 Å². The normalized spacial score (nSPS) is 18.6. The van der Waals surface area contributed by atoms with Crippen LogP contribution in [0.1, 0.15) is 12.8 Å². The van der Waals surface area contributed by atoms with Crippen molar-refractivity contribution in [2.75, 3.05) is 20.6 Å². The molecule has 2 N–H and O–H groups in total. The molecule has 0 atom stereocenters. The molecule has 0 saturated carbocycles. The van der Waals surface area contributed by atoms with Crippen LogP contribution in [-0.2, 0) is 9.09 Å². The largest absolute Gasteiger partial charge is 0.524 e. The van der Waals surface area contributed by atoms with Crippen LogP contribution in [0.2, 0.25) is 0 Å². The number of phosphoric acid groups is 1. The van der Waals surface area contributed by atoms with Gasteiger partial charge in [-0.05, 0) is 32.2 Å². The third-order valence-corrected chi connectivity index (χ3v) is 3.29. The Bertz CT molecular complexity index is 540. The lowest BCUT2D eigenvalue weighted by Crippen LogP contribution is -2.15. The lowest BCUT2D eigenvalue weighted by Gasteiger charge is -2.18. The minimum Gasteiger partial charge on any atom is -0.404 e. The SMILES string of the molecule is CN(C)CCC1=CN=C2CC=CC(OP(=O)(O)O)=C12. The van der Waals surface area contributed by atoms with Crippen molar-refractivity contribution in [2.45, 2.75) is 12.8 Å². The number of hydrogen-bond acceptors (Lipinski definition) is 4. The topological polar surface area (TPSA) is 82.4 Å². The Balaban J connectivity index is 2.25. The summed E-state index contributed by atoms with van der Waals surface area (Å²) in [7, 11) is -0.606. The first-order valence-electron chi connectivity index (χ1n) is 5.94. The second kappa shape index (κ2) is 5.43. The van der Waals surface area contributed by atoms with Crippen molar-refractivity contribution in [3.63, 3.8) is 0 Å². The summed E-state index contributed by atoms with van der Waals surface area (Å²) in [6.45, 7) is 0.838. The lowest BCUT2D eigenvalue weighted by molar-refractivity contribution is 0.247. The van der Waals surface area contributed by atoms with Gasteiger partial charge in [0.15, 0.2) is 0 Å². The van der Waals surface area contributed by atoms with E-state index in [9.17, 15) is 4.57 Å². The van der Waals surface area contributed by atoms with Crippen LogP contribution < -0.4 is 0 Å². The van der Waals surface area contributed by atoms with Gasteiger partial charge >= 0.3 is 7.82 Å². The van der Waals surface area contributed by atoms with Gasteiger partial charge in [0.1, 0.15) is 5.76 Å². The summed E-state index contributed by atoms with van der Waals surface area (Å²) in [5, 5.41) is 0. The molecule has 1 aliphatic heterocycles. The van der Waals surface area contributed by atoms with Gasteiger partial charge in [0.25, 0.3) is 0 Å². The van der Waals surface area contributed by atoms with Gasteiger partial charge in [-0.25, -0.2) is 4.57 Å². The molecule has 7 heteroatoms. The van der Waals surface area contributed by atoms with E-state index >= 15 is 0 Å². The molecule has 1 aliphatic carbocycles. The molecule has 19 heavy (non-hydrogen) atoms. The molecule has 2 rings (SSSR count). The third kappa shape index (κ3) is 3.64. The van der Waals surface area contributed by atoms with Gasteiger partial charge in [-0.15, -0.1) is 0 Å². The molecule has 104 valence electrons. The van der Waals surface area contributed by atoms with Gasteiger partial charge < -0.3 is 9.42 Å². The van der Waals surface area contributed by atoms with E-state index in [0.29, 0.717) is 6.42 Å². The van der Waals surface area contributed by atoms with Crippen molar-refractivity contribution in [1.29, 1.82) is 0 Å². The Morgan fingerprint density at radius 2 is 2.21 bits per heavy atom. The van der Waals surface area contributed by atoms with E-state index in [1.165, 1.54) is 0 Å².